The number of rotatable bonds is 0. The topological polar surface area (TPSA) is 37.1 Å². The highest BCUT2D eigenvalue weighted by molar-refractivity contribution is 6.35. The average molecular weight is 211 g/mol. The minimum atomic E-state index is 0.163. The van der Waals surface area contributed by atoms with Crippen LogP contribution in [-0.2, 0) is 0 Å². The number of hydrogen-bond donors (Lipinski definition) is 0. The smallest absolute Gasteiger partial charge is 0.0860 e. The minimum absolute atomic E-state index is 0.163. The van der Waals surface area contributed by atoms with E-state index in [0.717, 1.165) is 34.2 Å². The zero-order valence-corrected chi connectivity index (χ0v) is 9.65. The predicted octanol–water partition coefficient (Wildman–Crippen LogP) is 2.68. The first kappa shape index (κ1) is 9.46. The molecule has 0 unspecified atom stereocenters. The van der Waals surface area contributed by atoms with Crippen molar-refractivity contribution in [3.8, 4) is 0 Å². The molecule has 0 saturated carbocycles. The third kappa shape index (κ3) is 1.32. The van der Waals surface area contributed by atoms with E-state index in [1.54, 1.807) is 0 Å². The maximum Gasteiger partial charge on any atom is 0.0860 e. The fraction of sp³-hybridized carbons (Fsp3) is 0.308. The van der Waals surface area contributed by atoms with E-state index in [1.165, 1.54) is 0 Å². The molecule has 3 nitrogen and oxygen atoms in total. The summed E-state index contributed by atoms with van der Waals surface area (Å²) in [5, 5.41) is 0. The summed E-state index contributed by atoms with van der Waals surface area (Å²) < 4.78 is 0. The SMILES string of the molecule is CC1=CC2=NC(C)=CC3=NC(C)=CC(=N1)C23. The van der Waals surface area contributed by atoms with E-state index in [-0.39, 0.29) is 5.92 Å². The van der Waals surface area contributed by atoms with Gasteiger partial charge in [-0.2, -0.15) is 0 Å². The Bertz CT molecular complexity index is 473. The summed E-state index contributed by atoms with van der Waals surface area (Å²) in [7, 11) is 0. The second-order valence-corrected chi connectivity index (χ2v) is 4.40. The van der Waals surface area contributed by atoms with Gasteiger partial charge in [0.15, 0.2) is 0 Å². The highest BCUT2D eigenvalue weighted by Crippen LogP contribution is 2.27. The first-order valence-corrected chi connectivity index (χ1v) is 5.44. The lowest BCUT2D eigenvalue weighted by atomic mass is 9.85. The molecular formula is C13H13N3. The Morgan fingerprint density at radius 1 is 0.688 bits per heavy atom. The molecule has 0 aromatic carbocycles. The Kier molecular flexibility index (Phi) is 1.84. The van der Waals surface area contributed by atoms with Crippen LogP contribution in [0.1, 0.15) is 20.8 Å². The van der Waals surface area contributed by atoms with Gasteiger partial charge >= 0.3 is 0 Å². The van der Waals surface area contributed by atoms with Gasteiger partial charge in [0, 0.05) is 17.1 Å². The molecule has 0 N–H and O–H groups in total. The highest BCUT2D eigenvalue weighted by atomic mass is 14.9. The molecule has 3 heteroatoms. The summed E-state index contributed by atoms with van der Waals surface area (Å²) in [6.07, 6.45) is 6.15. The molecule has 0 aliphatic carbocycles. The van der Waals surface area contributed by atoms with Crippen LogP contribution in [0, 0.1) is 5.92 Å². The summed E-state index contributed by atoms with van der Waals surface area (Å²) in [6, 6.07) is 0. The summed E-state index contributed by atoms with van der Waals surface area (Å²) in [6.45, 7) is 6.02. The van der Waals surface area contributed by atoms with Gasteiger partial charge in [0.2, 0.25) is 0 Å². The Morgan fingerprint density at radius 3 is 1.31 bits per heavy atom. The normalized spacial score (nSPS) is 23.4. The van der Waals surface area contributed by atoms with E-state index in [4.69, 9.17) is 0 Å². The molecule has 0 atom stereocenters. The molecule has 3 aliphatic heterocycles. The van der Waals surface area contributed by atoms with E-state index < -0.39 is 0 Å². The van der Waals surface area contributed by atoms with Crippen molar-refractivity contribution in [3.63, 3.8) is 0 Å². The van der Waals surface area contributed by atoms with Crippen molar-refractivity contribution in [2.75, 3.05) is 0 Å². The third-order valence-corrected chi connectivity index (χ3v) is 2.87. The number of aliphatic imine (C=N–C) groups is 3. The van der Waals surface area contributed by atoms with E-state index in [9.17, 15) is 0 Å². The lowest BCUT2D eigenvalue weighted by molar-refractivity contribution is 1.09. The molecule has 16 heavy (non-hydrogen) atoms. The second kappa shape index (κ2) is 3.11. The van der Waals surface area contributed by atoms with Gasteiger partial charge in [-0.05, 0) is 39.0 Å². The van der Waals surface area contributed by atoms with Crippen molar-refractivity contribution in [2.24, 2.45) is 20.9 Å². The summed E-state index contributed by atoms with van der Waals surface area (Å²) in [5.41, 5.74) is 6.28. The first-order valence-electron chi connectivity index (χ1n) is 5.44. The largest absolute Gasteiger partial charge is 0.257 e. The molecule has 0 spiro atoms. The van der Waals surface area contributed by atoms with E-state index >= 15 is 0 Å². The van der Waals surface area contributed by atoms with Crippen LogP contribution in [0.15, 0.2) is 50.3 Å². The van der Waals surface area contributed by atoms with Crippen LogP contribution in [0.5, 0.6) is 0 Å². The molecule has 0 radical (unpaired) electrons. The lowest BCUT2D eigenvalue weighted by Crippen LogP contribution is -2.35. The standard InChI is InChI=1S/C13H13N3/c1-7-4-10-13-11(14-7)5-8(2)16-12(13)6-9(3)15-10/h4-6,13H,1-3H3. The maximum atomic E-state index is 4.57. The number of allylic oxidation sites excluding steroid dienone is 6. The van der Waals surface area contributed by atoms with Crippen molar-refractivity contribution in [1.82, 2.24) is 0 Å². The van der Waals surface area contributed by atoms with Gasteiger partial charge in [-0.15, -0.1) is 0 Å². The second-order valence-electron chi connectivity index (χ2n) is 4.40. The van der Waals surface area contributed by atoms with Crippen LogP contribution in [-0.4, -0.2) is 17.1 Å². The van der Waals surface area contributed by atoms with Gasteiger partial charge in [0.25, 0.3) is 0 Å². The molecule has 0 saturated heterocycles. The van der Waals surface area contributed by atoms with E-state index in [2.05, 4.69) is 33.2 Å². The molecular weight excluding hydrogens is 198 g/mol. The first-order chi connectivity index (χ1) is 7.63. The molecule has 3 rings (SSSR count). The number of hydrogen-bond acceptors (Lipinski definition) is 3. The van der Waals surface area contributed by atoms with Gasteiger partial charge in [-0.25, -0.2) is 0 Å². The van der Waals surface area contributed by atoms with Gasteiger partial charge in [-0.1, -0.05) is 0 Å². The van der Waals surface area contributed by atoms with Crippen molar-refractivity contribution in [2.45, 2.75) is 20.8 Å². The van der Waals surface area contributed by atoms with Crippen LogP contribution in [0.2, 0.25) is 0 Å². The average Bonchev–Trinajstić information content (AvgIpc) is 2.14. The Hall–Kier alpha value is -1.77. The van der Waals surface area contributed by atoms with E-state index in [1.807, 2.05) is 20.8 Å². The molecule has 0 fully saturated rings. The van der Waals surface area contributed by atoms with Crippen LogP contribution >= 0.6 is 0 Å². The zero-order chi connectivity index (χ0) is 11.3. The summed E-state index contributed by atoms with van der Waals surface area (Å²) in [4.78, 5) is 13.7. The van der Waals surface area contributed by atoms with Gasteiger partial charge < -0.3 is 0 Å². The third-order valence-electron chi connectivity index (χ3n) is 2.87. The van der Waals surface area contributed by atoms with Crippen molar-refractivity contribution in [3.05, 3.63) is 35.3 Å². The molecule has 0 bridgehead atoms. The molecule has 80 valence electrons. The highest BCUT2D eigenvalue weighted by Gasteiger charge is 2.32. The molecule has 0 aromatic heterocycles. The molecule has 3 heterocycles. The molecule has 3 aliphatic rings. The molecule has 0 amide bonds. The lowest BCUT2D eigenvalue weighted by Gasteiger charge is -2.28. The zero-order valence-electron chi connectivity index (χ0n) is 9.65. The fourth-order valence-corrected chi connectivity index (χ4v) is 2.34. The quantitative estimate of drug-likeness (QED) is 0.590. The maximum absolute atomic E-state index is 4.57. The van der Waals surface area contributed by atoms with E-state index in [0.29, 0.717) is 0 Å². The van der Waals surface area contributed by atoms with Gasteiger partial charge in [-0.3, -0.25) is 15.0 Å². The Balaban J connectivity index is 2.24. The van der Waals surface area contributed by atoms with Crippen LogP contribution in [0.3, 0.4) is 0 Å². The van der Waals surface area contributed by atoms with Crippen LogP contribution in [0.4, 0.5) is 0 Å². The summed E-state index contributed by atoms with van der Waals surface area (Å²) in [5.74, 6) is 0.163. The van der Waals surface area contributed by atoms with Gasteiger partial charge in [0.05, 0.1) is 23.1 Å². The van der Waals surface area contributed by atoms with Crippen LogP contribution < -0.4 is 0 Å². The molecule has 0 aromatic rings. The van der Waals surface area contributed by atoms with Crippen molar-refractivity contribution < 1.29 is 0 Å². The van der Waals surface area contributed by atoms with Crippen LogP contribution in [0.25, 0.3) is 0 Å². The van der Waals surface area contributed by atoms with Crippen molar-refractivity contribution in [1.29, 1.82) is 0 Å². The number of nitrogens with zero attached hydrogens (tertiary/aromatic N) is 3. The Labute approximate surface area is 94.7 Å². The monoisotopic (exact) mass is 211 g/mol. The Morgan fingerprint density at radius 2 is 1.00 bits per heavy atom. The summed E-state index contributed by atoms with van der Waals surface area (Å²) >= 11 is 0. The predicted molar refractivity (Wildman–Crippen MR) is 67.1 cm³/mol. The van der Waals surface area contributed by atoms with Crippen molar-refractivity contribution >= 4 is 17.1 Å². The fourth-order valence-electron chi connectivity index (χ4n) is 2.34. The minimum Gasteiger partial charge on any atom is -0.257 e. The van der Waals surface area contributed by atoms with Gasteiger partial charge in [0.1, 0.15) is 0 Å².